The van der Waals surface area contributed by atoms with Gasteiger partial charge in [0.05, 0.1) is 19.8 Å². The largest absolute Gasteiger partial charge is 0.472 e. The first-order chi connectivity index (χ1) is 21.4. The van der Waals surface area contributed by atoms with E-state index in [1.165, 1.54) is 89.9 Å². The van der Waals surface area contributed by atoms with Crippen LogP contribution in [-0.2, 0) is 27.9 Å². The third-order valence-electron chi connectivity index (χ3n) is 7.37. The molecule has 0 aliphatic carbocycles. The Morgan fingerprint density at radius 2 is 1.20 bits per heavy atom. The van der Waals surface area contributed by atoms with E-state index < -0.39 is 13.9 Å². The summed E-state index contributed by atoms with van der Waals surface area (Å²) in [5.41, 5.74) is 5.33. The minimum atomic E-state index is -4.26. The van der Waals surface area contributed by atoms with Crippen LogP contribution in [0.5, 0.6) is 0 Å². The minimum absolute atomic E-state index is 0.0959. The first-order valence-electron chi connectivity index (χ1n) is 17.8. The van der Waals surface area contributed by atoms with E-state index >= 15 is 0 Å². The van der Waals surface area contributed by atoms with E-state index in [9.17, 15) is 14.3 Å². The van der Waals surface area contributed by atoms with E-state index in [4.69, 9.17) is 24.3 Å². The van der Waals surface area contributed by atoms with Gasteiger partial charge in [-0.25, -0.2) is 4.57 Å². The molecule has 0 aromatic rings. The molecule has 0 fully saturated rings. The Balaban J connectivity index is 4.07. The minimum Gasteiger partial charge on any atom is -0.457 e. The number of rotatable bonds is 34. The predicted octanol–water partition coefficient (Wildman–Crippen LogP) is 9.74. The van der Waals surface area contributed by atoms with Gasteiger partial charge in [0.25, 0.3) is 0 Å². The number of esters is 1. The van der Waals surface area contributed by atoms with Gasteiger partial charge in [0.15, 0.2) is 0 Å². The van der Waals surface area contributed by atoms with E-state index in [0.717, 1.165) is 44.9 Å². The molecule has 0 heterocycles. The molecular weight excluding hydrogens is 577 g/mol. The maximum atomic E-state index is 12.5. The molecule has 8 nitrogen and oxygen atoms in total. The van der Waals surface area contributed by atoms with Crippen LogP contribution in [0.1, 0.15) is 155 Å². The molecule has 0 bridgehead atoms. The second kappa shape index (κ2) is 33.3. The Bertz CT molecular complexity index is 732. The fraction of sp³-hybridized carbons (Fsp3) is 0.857. The molecule has 9 heteroatoms. The predicted molar refractivity (Wildman–Crippen MR) is 183 cm³/mol. The normalized spacial score (nSPS) is 14.0. The zero-order valence-corrected chi connectivity index (χ0v) is 29.3. The first kappa shape index (κ1) is 43.0. The number of carbonyl (C=O) groups excluding carboxylic acids is 1. The Morgan fingerprint density at radius 3 is 1.82 bits per heavy atom. The molecule has 3 N–H and O–H groups in total. The molecule has 0 amide bonds. The molecule has 44 heavy (non-hydrogen) atoms. The summed E-state index contributed by atoms with van der Waals surface area (Å²) in [7, 11) is -4.26. The standard InChI is InChI=1S/C35H68NO7P/c1-3-5-7-9-11-13-14-15-16-17-18-19-20-21-22-24-26-28-35(37)43-34(33-42-44(38,39)41-31-29-36)32-40-30-27-25-23-12-10-8-6-4-2/h11,13,15-16,34H,3-10,12,14,17-33,36H2,1-2H3,(H,38,39)/b13-11-,16-15-. The van der Waals surface area contributed by atoms with Crippen LogP contribution in [0.2, 0.25) is 0 Å². The van der Waals surface area contributed by atoms with E-state index in [-0.39, 0.29) is 32.3 Å². The lowest BCUT2D eigenvalue weighted by atomic mass is 10.1. The number of hydrogen-bond acceptors (Lipinski definition) is 7. The topological polar surface area (TPSA) is 117 Å². The molecule has 0 radical (unpaired) electrons. The summed E-state index contributed by atoms with van der Waals surface area (Å²) in [5, 5.41) is 0. The highest BCUT2D eigenvalue weighted by Crippen LogP contribution is 2.43. The van der Waals surface area contributed by atoms with Crippen molar-refractivity contribution >= 4 is 13.8 Å². The quantitative estimate of drug-likeness (QED) is 0.0307. The van der Waals surface area contributed by atoms with Gasteiger partial charge in [-0.05, 0) is 44.9 Å². The number of phosphoric acid groups is 1. The molecule has 0 saturated carbocycles. The van der Waals surface area contributed by atoms with E-state index in [0.29, 0.717) is 13.0 Å². The van der Waals surface area contributed by atoms with Gasteiger partial charge in [0.1, 0.15) is 6.10 Å². The van der Waals surface area contributed by atoms with Gasteiger partial charge in [-0.15, -0.1) is 0 Å². The van der Waals surface area contributed by atoms with Gasteiger partial charge in [-0.1, -0.05) is 128 Å². The highest BCUT2D eigenvalue weighted by Gasteiger charge is 2.25. The number of allylic oxidation sites excluding steroid dienone is 4. The fourth-order valence-electron chi connectivity index (χ4n) is 4.73. The fourth-order valence-corrected chi connectivity index (χ4v) is 5.50. The average Bonchev–Trinajstić information content (AvgIpc) is 3.01. The van der Waals surface area contributed by atoms with Crippen molar-refractivity contribution in [2.24, 2.45) is 5.73 Å². The molecule has 0 aliphatic heterocycles. The maximum Gasteiger partial charge on any atom is 0.472 e. The second-order valence-electron chi connectivity index (χ2n) is 11.7. The van der Waals surface area contributed by atoms with E-state index in [1.807, 2.05) is 0 Å². The number of nitrogens with two attached hydrogens (primary N) is 1. The third-order valence-corrected chi connectivity index (χ3v) is 8.36. The van der Waals surface area contributed by atoms with Crippen molar-refractivity contribution in [1.82, 2.24) is 0 Å². The van der Waals surface area contributed by atoms with Gasteiger partial charge >= 0.3 is 13.8 Å². The summed E-state index contributed by atoms with van der Waals surface area (Å²) in [4.78, 5) is 22.3. The molecule has 2 unspecified atom stereocenters. The summed E-state index contributed by atoms with van der Waals surface area (Å²) in [6, 6.07) is 0. The molecule has 0 rings (SSSR count). The summed E-state index contributed by atoms with van der Waals surface area (Å²) in [6.45, 7) is 4.86. The van der Waals surface area contributed by atoms with Crippen LogP contribution in [0.25, 0.3) is 0 Å². The number of hydrogen-bond donors (Lipinski definition) is 2. The van der Waals surface area contributed by atoms with E-state index in [1.54, 1.807) is 0 Å². The molecule has 2 atom stereocenters. The first-order valence-corrected chi connectivity index (χ1v) is 19.3. The Kier molecular flexibility index (Phi) is 32.6. The van der Waals surface area contributed by atoms with Crippen LogP contribution < -0.4 is 5.73 Å². The Morgan fingerprint density at radius 1 is 0.682 bits per heavy atom. The zero-order valence-electron chi connectivity index (χ0n) is 28.4. The van der Waals surface area contributed by atoms with Crippen molar-refractivity contribution in [2.75, 3.05) is 33.0 Å². The highest BCUT2D eigenvalue weighted by atomic mass is 31.2. The highest BCUT2D eigenvalue weighted by molar-refractivity contribution is 7.47. The SMILES string of the molecule is CCCCC/C=C\C/C=C\CCCCCCCCCC(=O)OC(COCCCCCCCCCC)COP(=O)(O)OCCN. The molecular formula is C35H68NO7P. The Labute approximate surface area is 270 Å². The smallest absolute Gasteiger partial charge is 0.457 e. The van der Waals surface area contributed by atoms with Crippen LogP contribution in [-0.4, -0.2) is 49.9 Å². The van der Waals surface area contributed by atoms with Crippen LogP contribution in [0.4, 0.5) is 0 Å². The van der Waals surface area contributed by atoms with Crippen LogP contribution in [0.3, 0.4) is 0 Å². The van der Waals surface area contributed by atoms with Crippen molar-refractivity contribution in [2.45, 2.75) is 161 Å². The third kappa shape index (κ3) is 32.4. The van der Waals surface area contributed by atoms with Gasteiger partial charge < -0.3 is 20.1 Å². The van der Waals surface area contributed by atoms with Crippen molar-refractivity contribution in [3.05, 3.63) is 24.3 Å². The lowest BCUT2D eigenvalue weighted by Gasteiger charge is -2.20. The monoisotopic (exact) mass is 645 g/mol. The van der Waals surface area contributed by atoms with Crippen molar-refractivity contribution in [3.63, 3.8) is 0 Å². The van der Waals surface area contributed by atoms with Crippen molar-refractivity contribution in [3.8, 4) is 0 Å². The van der Waals surface area contributed by atoms with Crippen molar-refractivity contribution < 1.29 is 32.8 Å². The maximum absolute atomic E-state index is 12.5. The summed E-state index contributed by atoms with van der Waals surface area (Å²) in [5.74, 6) is -0.340. The summed E-state index contributed by atoms with van der Waals surface area (Å²) in [6.07, 6.45) is 33.3. The molecule has 0 saturated heterocycles. The summed E-state index contributed by atoms with van der Waals surface area (Å²) >= 11 is 0. The van der Waals surface area contributed by atoms with Gasteiger partial charge in [-0.2, -0.15) is 0 Å². The van der Waals surface area contributed by atoms with Gasteiger partial charge in [0, 0.05) is 19.6 Å². The molecule has 0 aromatic heterocycles. The average molecular weight is 646 g/mol. The molecule has 260 valence electrons. The lowest BCUT2D eigenvalue weighted by Crippen LogP contribution is -2.28. The molecule has 0 spiro atoms. The van der Waals surface area contributed by atoms with Crippen LogP contribution in [0, 0.1) is 0 Å². The number of ether oxygens (including phenoxy) is 2. The number of phosphoric ester groups is 1. The molecule has 0 aliphatic rings. The molecule has 0 aromatic carbocycles. The zero-order chi connectivity index (χ0) is 32.4. The second-order valence-corrected chi connectivity index (χ2v) is 13.2. The number of unbranched alkanes of at least 4 members (excludes halogenated alkanes) is 17. The Hall–Kier alpha value is -1.02. The van der Waals surface area contributed by atoms with Gasteiger partial charge in [-0.3, -0.25) is 13.8 Å². The van der Waals surface area contributed by atoms with Crippen LogP contribution in [0.15, 0.2) is 24.3 Å². The number of carbonyl (C=O) groups is 1. The van der Waals surface area contributed by atoms with Gasteiger partial charge in [0.2, 0.25) is 0 Å². The lowest BCUT2D eigenvalue weighted by molar-refractivity contribution is -0.154. The van der Waals surface area contributed by atoms with Crippen molar-refractivity contribution in [1.29, 1.82) is 0 Å². The summed E-state index contributed by atoms with van der Waals surface area (Å²) < 4.78 is 33.1. The van der Waals surface area contributed by atoms with Crippen LogP contribution >= 0.6 is 7.82 Å². The van der Waals surface area contributed by atoms with E-state index in [2.05, 4.69) is 38.2 Å².